The maximum atomic E-state index is 12.2. The third kappa shape index (κ3) is 6.37. The Labute approximate surface area is 160 Å². The van der Waals surface area contributed by atoms with Gasteiger partial charge in [-0.3, -0.25) is 4.79 Å². The summed E-state index contributed by atoms with van der Waals surface area (Å²) in [4.78, 5) is 12.2. The number of carbonyl (C=O) groups excluding carboxylic acids is 1. The van der Waals surface area contributed by atoms with E-state index in [9.17, 15) is 4.79 Å². The quantitative estimate of drug-likeness (QED) is 0.814. The minimum atomic E-state index is 0. The van der Waals surface area contributed by atoms with Crippen molar-refractivity contribution in [3.63, 3.8) is 0 Å². The second kappa shape index (κ2) is 10.3. The van der Waals surface area contributed by atoms with Crippen molar-refractivity contribution < 1.29 is 14.3 Å². The monoisotopic (exact) mass is 386 g/mol. The van der Waals surface area contributed by atoms with E-state index in [1.54, 1.807) is 0 Å². The number of amides is 1. The number of halogens is 1. The van der Waals surface area contributed by atoms with Gasteiger partial charge in [0.05, 0.1) is 13.2 Å². The molecule has 2 N–H and O–H groups in total. The Balaban J connectivity index is 0.00000225. The first kappa shape index (κ1) is 20.4. The lowest BCUT2D eigenvalue weighted by atomic mass is 10.1. The molecule has 3 rings (SSSR count). The van der Waals surface area contributed by atoms with Crippen LogP contribution < -0.4 is 15.4 Å². The average Bonchev–Trinajstić information content (AvgIpc) is 2.59. The van der Waals surface area contributed by atoms with Crippen LogP contribution in [0.3, 0.4) is 0 Å². The van der Waals surface area contributed by atoms with Gasteiger partial charge >= 0.3 is 0 Å². The number of benzene rings is 1. The van der Waals surface area contributed by atoms with E-state index in [4.69, 9.17) is 9.47 Å². The molecule has 0 aromatic heterocycles. The smallest absolute Gasteiger partial charge is 0.225 e. The Morgan fingerprint density at radius 1 is 1.40 bits per heavy atom. The molecule has 2 fully saturated rings. The Hall–Kier alpha value is -0.950. The molecule has 0 aliphatic carbocycles. The molecule has 25 heavy (non-hydrogen) atoms. The number of ether oxygens (including phenoxy) is 2. The number of hydrogen-bond acceptors (Lipinski definition) is 5. The molecule has 140 valence electrons. The molecule has 1 amide bonds. The molecule has 5 nitrogen and oxygen atoms in total. The van der Waals surface area contributed by atoms with Gasteiger partial charge in [0, 0.05) is 49.0 Å². The summed E-state index contributed by atoms with van der Waals surface area (Å²) in [6.45, 7) is 4.54. The van der Waals surface area contributed by atoms with E-state index in [0.29, 0.717) is 6.42 Å². The third-order valence-corrected chi connectivity index (χ3v) is 5.48. The minimum absolute atomic E-state index is 0. The van der Waals surface area contributed by atoms with E-state index < -0.39 is 0 Å². The van der Waals surface area contributed by atoms with E-state index in [1.807, 2.05) is 36.9 Å². The predicted molar refractivity (Wildman–Crippen MR) is 105 cm³/mol. The minimum Gasteiger partial charge on any atom is -0.490 e. The predicted octanol–water partition coefficient (Wildman–Crippen LogP) is 3.01. The maximum Gasteiger partial charge on any atom is 0.225 e. The summed E-state index contributed by atoms with van der Waals surface area (Å²) in [6.07, 6.45) is 2.62. The van der Waals surface area contributed by atoms with Crippen LogP contribution in [0.15, 0.2) is 18.2 Å². The van der Waals surface area contributed by atoms with Crippen LogP contribution in [0.2, 0.25) is 0 Å². The molecule has 2 aliphatic heterocycles. The molecule has 0 radical (unpaired) electrons. The average molecular weight is 387 g/mol. The number of rotatable bonds is 5. The van der Waals surface area contributed by atoms with Gasteiger partial charge in [-0.2, -0.15) is 11.8 Å². The summed E-state index contributed by atoms with van der Waals surface area (Å²) < 4.78 is 11.4. The topological polar surface area (TPSA) is 59.6 Å². The number of thioether (sulfide) groups is 1. The lowest BCUT2D eigenvalue weighted by Gasteiger charge is -2.24. The summed E-state index contributed by atoms with van der Waals surface area (Å²) in [7, 11) is 0. The van der Waals surface area contributed by atoms with Crippen molar-refractivity contribution in [3.05, 3.63) is 23.8 Å². The number of hydrogen-bond donors (Lipinski definition) is 2. The number of nitrogens with one attached hydrogen (secondary N) is 2. The second-order valence-corrected chi connectivity index (χ2v) is 7.54. The van der Waals surface area contributed by atoms with E-state index in [0.717, 1.165) is 61.1 Å². The summed E-state index contributed by atoms with van der Waals surface area (Å²) >= 11 is 1.90. The Bertz CT molecular complexity index is 561. The van der Waals surface area contributed by atoms with Crippen LogP contribution in [0.4, 0.5) is 5.69 Å². The van der Waals surface area contributed by atoms with E-state index >= 15 is 0 Å². The second-order valence-electron chi connectivity index (χ2n) is 6.39. The number of anilines is 1. The molecule has 0 bridgehead atoms. The van der Waals surface area contributed by atoms with Crippen molar-refractivity contribution in [2.24, 2.45) is 0 Å². The summed E-state index contributed by atoms with van der Waals surface area (Å²) in [5, 5.41) is 6.39. The van der Waals surface area contributed by atoms with Gasteiger partial charge < -0.3 is 20.1 Å². The number of aryl methyl sites for hydroxylation is 1. The lowest BCUT2D eigenvalue weighted by Crippen LogP contribution is -2.39. The van der Waals surface area contributed by atoms with Crippen LogP contribution in [-0.2, 0) is 9.53 Å². The van der Waals surface area contributed by atoms with Gasteiger partial charge in [-0.25, -0.2) is 0 Å². The van der Waals surface area contributed by atoms with Crippen molar-refractivity contribution in [1.29, 1.82) is 0 Å². The highest BCUT2D eigenvalue weighted by atomic mass is 35.5. The molecule has 1 atom stereocenters. The number of carbonyl (C=O) groups is 1. The zero-order valence-electron chi connectivity index (χ0n) is 14.6. The van der Waals surface area contributed by atoms with Gasteiger partial charge in [0.15, 0.2) is 0 Å². The zero-order valence-corrected chi connectivity index (χ0v) is 16.2. The van der Waals surface area contributed by atoms with Crippen LogP contribution >= 0.6 is 24.2 Å². The summed E-state index contributed by atoms with van der Waals surface area (Å²) in [5.74, 6) is 3.09. The third-order valence-electron chi connectivity index (χ3n) is 4.35. The fraction of sp³-hybridized carbons (Fsp3) is 0.611. The van der Waals surface area contributed by atoms with Gasteiger partial charge in [-0.15, -0.1) is 12.4 Å². The van der Waals surface area contributed by atoms with Crippen LogP contribution in [0.25, 0.3) is 0 Å². The maximum absolute atomic E-state index is 12.2. The molecule has 0 spiro atoms. The summed E-state index contributed by atoms with van der Waals surface area (Å²) in [5.41, 5.74) is 1.88. The molecule has 1 aromatic carbocycles. The van der Waals surface area contributed by atoms with Crippen molar-refractivity contribution in [3.8, 4) is 5.75 Å². The van der Waals surface area contributed by atoms with Crippen molar-refractivity contribution in [2.45, 2.75) is 38.3 Å². The largest absolute Gasteiger partial charge is 0.490 e. The first-order valence-corrected chi connectivity index (χ1v) is 9.82. The fourth-order valence-electron chi connectivity index (χ4n) is 3.02. The highest BCUT2D eigenvalue weighted by Gasteiger charge is 2.18. The van der Waals surface area contributed by atoms with Crippen LogP contribution in [0.5, 0.6) is 5.75 Å². The standard InChI is InChI=1S/C18H26N2O3S.ClH/c1-13-10-14(20-18(21)11-15-12-24-9-6-19-15)2-3-17(13)23-16-4-7-22-8-5-16;/h2-3,10,15-16,19H,4-9,11-12H2,1H3,(H,20,21);1H. The van der Waals surface area contributed by atoms with E-state index in [-0.39, 0.29) is 30.5 Å². The molecular weight excluding hydrogens is 360 g/mol. The van der Waals surface area contributed by atoms with Crippen LogP contribution in [-0.4, -0.2) is 49.3 Å². The van der Waals surface area contributed by atoms with Crippen molar-refractivity contribution in [1.82, 2.24) is 5.32 Å². The molecule has 1 aromatic rings. The highest BCUT2D eigenvalue weighted by Crippen LogP contribution is 2.25. The van der Waals surface area contributed by atoms with E-state index in [1.165, 1.54) is 0 Å². The van der Waals surface area contributed by atoms with E-state index in [2.05, 4.69) is 10.6 Å². The molecule has 7 heteroatoms. The van der Waals surface area contributed by atoms with Gasteiger partial charge in [-0.1, -0.05) is 0 Å². The van der Waals surface area contributed by atoms with Crippen molar-refractivity contribution in [2.75, 3.05) is 36.6 Å². The zero-order chi connectivity index (χ0) is 16.8. The highest BCUT2D eigenvalue weighted by molar-refractivity contribution is 7.99. The molecular formula is C18H27ClN2O3S. The molecule has 2 heterocycles. The van der Waals surface area contributed by atoms with Gasteiger partial charge in [-0.05, 0) is 30.7 Å². The molecule has 1 unspecified atom stereocenters. The molecule has 0 saturated carbocycles. The Morgan fingerprint density at radius 2 is 2.20 bits per heavy atom. The normalized spacial score (nSPS) is 21.2. The van der Waals surface area contributed by atoms with Crippen molar-refractivity contribution >= 4 is 35.8 Å². The Kier molecular flexibility index (Phi) is 8.36. The first-order valence-electron chi connectivity index (χ1n) is 8.67. The first-order chi connectivity index (χ1) is 11.7. The molecule has 2 saturated heterocycles. The molecule has 2 aliphatic rings. The van der Waals surface area contributed by atoms with Crippen LogP contribution in [0, 0.1) is 6.92 Å². The van der Waals surface area contributed by atoms with Gasteiger partial charge in [0.2, 0.25) is 5.91 Å². The lowest BCUT2D eigenvalue weighted by molar-refractivity contribution is -0.116. The van der Waals surface area contributed by atoms with Gasteiger partial charge in [0.1, 0.15) is 11.9 Å². The SMILES string of the molecule is Cc1cc(NC(=O)CC2CSCCN2)ccc1OC1CCOCC1.Cl. The fourth-order valence-corrected chi connectivity index (χ4v) is 3.97. The summed E-state index contributed by atoms with van der Waals surface area (Å²) in [6, 6.07) is 6.13. The van der Waals surface area contributed by atoms with Crippen LogP contribution in [0.1, 0.15) is 24.8 Å². The van der Waals surface area contributed by atoms with Gasteiger partial charge in [0.25, 0.3) is 0 Å². The Morgan fingerprint density at radius 3 is 2.88 bits per heavy atom.